The van der Waals surface area contributed by atoms with E-state index in [2.05, 4.69) is 0 Å². The number of esters is 2. The van der Waals surface area contributed by atoms with Gasteiger partial charge in [-0.05, 0) is 50.5 Å². The lowest BCUT2D eigenvalue weighted by atomic mass is 9.50. The Hall–Kier alpha value is -2.38. The van der Waals surface area contributed by atoms with E-state index in [1.54, 1.807) is 65.0 Å². The molecular weight excluding hydrogens is 548 g/mol. The topological polar surface area (TPSA) is 161 Å². The van der Waals surface area contributed by atoms with Crippen LogP contribution in [0.4, 0.5) is 0 Å². The van der Waals surface area contributed by atoms with Crippen LogP contribution in [0.1, 0.15) is 64.7 Å². The Morgan fingerprint density at radius 2 is 1.74 bits per heavy atom. The maximum atomic E-state index is 13.7. The summed E-state index contributed by atoms with van der Waals surface area (Å²) in [5.41, 5.74) is -5.01. The Morgan fingerprint density at radius 1 is 1.07 bits per heavy atom. The molecule has 1 spiro atoms. The summed E-state index contributed by atoms with van der Waals surface area (Å²) >= 11 is 0. The standard InChI is InChI=1S/C31H40O11/c1-15-18(33)13-30(27(3,4)37)21(15)22(35)24(40-26(36)17-10-8-7-9-11-17)28(5)20(39-16(2)32)12-19(34)31-14-38-29(6,42-31)41-25(30)23(28)31/h7-11,18-20,22-25,33-35,37H,12-14H2,1-6H3/t18-,19-,20-,22+,23-,24-,25-,28+,29?,30-,31-/m0/s1. The van der Waals surface area contributed by atoms with Crippen LogP contribution in [0.5, 0.6) is 0 Å². The zero-order chi connectivity index (χ0) is 30.6. The Labute approximate surface area is 244 Å². The Bertz CT molecular complexity index is 1320. The molecule has 11 atom stereocenters. The van der Waals surface area contributed by atoms with E-state index in [1.807, 2.05) is 0 Å². The first-order chi connectivity index (χ1) is 19.5. The molecule has 1 aromatic rings. The third kappa shape index (κ3) is 3.77. The third-order valence-electron chi connectivity index (χ3n) is 10.7. The van der Waals surface area contributed by atoms with Gasteiger partial charge in [0.2, 0.25) is 0 Å². The highest BCUT2D eigenvalue weighted by Crippen LogP contribution is 2.70. The van der Waals surface area contributed by atoms with Crippen LogP contribution in [0.3, 0.4) is 0 Å². The average Bonchev–Trinajstić information content (AvgIpc) is 3.33. The zero-order valence-corrected chi connectivity index (χ0v) is 24.7. The van der Waals surface area contributed by atoms with E-state index >= 15 is 0 Å². The van der Waals surface area contributed by atoms with Gasteiger partial charge in [0.25, 0.3) is 5.97 Å². The molecule has 2 aliphatic heterocycles. The number of hydrogen-bond donors (Lipinski definition) is 4. The van der Waals surface area contributed by atoms with Gasteiger partial charge in [-0.2, -0.15) is 0 Å². The molecule has 1 unspecified atom stereocenters. The van der Waals surface area contributed by atoms with E-state index in [1.165, 1.54) is 6.92 Å². The number of fused-ring (bicyclic) bond motifs is 3. The van der Waals surface area contributed by atoms with Gasteiger partial charge in [-0.1, -0.05) is 25.1 Å². The van der Waals surface area contributed by atoms with Gasteiger partial charge in [0.1, 0.15) is 23.9 Å². The van der Waals surface area contributed by atoms with Gasteiger partial charge in [0.15, 0.2) is 0 Å². The molecule has 2 saturated heterocycles. The van der Waals surface area contributed by atoms with Gasteiger partial charge in [0.05, 0.1) is 46.9 Å². The van der Waals surface area contributed by atoms with Crippen LogP contribution in [0.25, 0.3) is 0 Å². The summed E-state index contributed by atoms with van der Waals surface area (Å²) < 4.78 is 31.1. The zero-order valence-electron chi connectivity index (χ0n) is 24.7. The number of carbonyl (C=O) groups excluding carboxylic acids is 2. The first kappa shape index (κ1) is 29.7. The van der Waals surface area contributed by atoms with Crippen molar-refractivity contribution in [3.8, 4) is 0 Å². The minimum absolute atomic E-state index is 0.0220. The van der Waals surface area contributed by atoms with Crippen LogP contribution in [0.2, 0.25) is 0 Å². The highest BCUT2D eigenvalue weighted by Gasteiger charge is 2.81. The van der Waals surface area contributed by atoms with Gasteiger partial charge in [-0.3, -0.25) is 4.79 Å². The van der Waals surface area contributed by atoms with Crippen molar-refractivity contribution >= 4 is 11.9 Å². The molecule has 0 aromatic heterocycles. The number of benzene rings is 1. The number of hydrogen-bond acceptors (Lipinski definition) is 11. The van der Waals surface area contributed by atoms with Crippen molar-refractivity contribution in [2.75, 3.05) is 6.61 Å². The maximum absolute atomic E-state index is 13.7. The first-order valence-electron chi connectivity index (χ1n) is 14.4. The second-order valence-electron chi connectivity index (χ2n) is 13.4. The smallest absolute Gasteiger partial charge is 0.338 e. The van der Waals surface area contributed by atoms with Crippen molar-refractivity contribution in [3.63, 3.8) is 0 Å². The predicted octanol–water partition coefficient (Wildman–Crippen LogP) is 1.60. The Kier molecular flexibility index (Phi) is 6.58. The molecule has 2 saturated carbocycles. The Balaban J connectivity index is 1.66. The van der Waals surface area contributed by atoms with Gasteiger partial charge < -0.3 is 44.1 Å². The van der Waals surface area contributed by atoms with Crippen LogP contribution in [0.15, 0.2) is 41.5 Å². The molecule has 6 rings (SSSR count). The predicted molar refractivity (Wildman–Crippen MR) is 145 cm³/mol. The van der Waals surface area contributed by atoms with Crippen molar-refractivity contribution in [1.82, 2.24) is 0 Å². The largest absolute Gasteiger partial charge is 0.462 e. The summed E-state index contributed by atoms with van der Waals surface area (Å²) in [6.07, 6.45) is -7.44. The molecule has 3 aliphatic carbocycles. The quantitative estimate of drug-likeness (QED) is 0.299. The van der Waals surface area contributed by atoms with Crippen molar-refractivity contribution in [1.29, 1.82) is 0 Å². The van der Waals surface area contributed by atoms with Gasteiger partial charge >= 0.3 is 11.9 Å². The van der Waals surface area contributed by atoms with Crippen molar-refractivity contribution in [2.24, 2.45) is 16.7 Å². The second-order valence-corrected chi connectivity index (χ2v) is 13.4. The molecule has 2 bridgehead atoms. The minimum atomic E-state index is -1.62. The van der Waals surface area contributed by atoms with Crippen molar-refractivity contribution in [2.45, 2.75) is 108 Å². The summed E-state index contributed by atoms with van der Waals surface area (Å²) in [6, 6.07) is 8.29. The highest BCUT2D eigenvalue weighted by molar-refractivity contribution is 5.89. The van der Waals surface area contributed by atoms with E-state index in [4.69, 9.17) is 23.7 Å². The normalized spacial score (nSPS) is 46.0. The summed E-state index contributed by atoms with van der Waals surface area (Å²) in [6.45, 7) is 9.29. The molecule has 0 amide bonds. The highest BCUT2D eigenvalue weighted by atomic mass is 16.9. The fourth-order valence-electron chi connectivity index (χ4n) is 8.85. The van der Waals surface area contributed by atoms with Crippen LogP contribution in [-0.2, 0) is 28.5 Å². The molecule has 4 fully saturated rings. The van der Waals surface area contributed by atoms with Crippen LogP contribution < -0.4 is 0 Å². The van der Waals surface area contributed by atoms with E-state index in [0.717, 1.165) is 0 Å². The molecule has 11 heteroatoms. The lowest BCUT2D eigenvalue weighted by Gasteiger charge is -2.63. The van der Waals surface area contributed by atoms with Crippen LogP contribution in [0, 0.1) is 16.7 Å². The first-order valence-corrected chi connectivity index (χ1v) is 14.4. The summed E-state index contributed by atoms with van der Waals surface area (Å²) in [7, 11) is 0. The number of aliphatic hydroxyl groups excluding tert-OH is 3. The fraction of sp³-hybridized carbons (Fsp3) is 0.677. The van der Waals surface area contributed by atoms with E-state index in [9.17, 15) is 30.0 Å². The van der Waals surface area contributed by atoms with E-state index in [0.29, 0.717) is 5.57 Å². The van der Waals surface area contributed by atoms with Crippen LogP contribution in [-0.4, -0.2) is 92.8 Å². The van der Waals surface area contributed by atoms with Gasteiger partial charge in [-0.15, -0.1) is 0 Å². The third-order valence-corrected chi connectivity index (χ3v) is 10.7. The van der Waals surface area contributed by atoms with Crippen LogP contribution >= 0.6 is 0 Å². The van der Waals surface area contributed by atoms with Crippen molar-refractivity contribution < 1.29 is 53.7 Å². The van der Waals surface area contributed by atoms with Gasteiger partial charge in [-0.25, -0.2) is 4.79 Å². The Morgan fingerprint density at radius 3 is 2.36 bits per heavy atom. The molecule has 230 valence electrons. The molecule has 5 aliphatic rings. The number of ether oxygens (including phenoxy) is 5. The van der Waals surface area contributed by atoms with E-state index < -0.39 is 82.5 Å². The second kappa shape index (κ2) is 9.31. The SMILES string of the molecule is CC(=O)O[C@H]1C[C@H](O)[C@@]23COC(C)(O[C@H]4[C@H]2[C@]1(C)[C@@H](OC(=O)c1ccccc1)[C@H](O)C1=C(C)[C@@H](O)C[C@]14C(C)(C)O)O3. The molecule has 11 nitrogen and oxygen atoms in total. The molecule has 1 aromatic carbocycles. The summed E-state index contributed by atoms with van der Waals surface area (Å²) in [5.74, 6) is -3.93. The van der Waals surface area contributed by atoms with Crippen molar-refractivity contribution in [3.05, 3.63) is 47.0 Å². The summed E-state index contributed by atoms with van der Waals surface area (Å²) in [5, 5.41) is 47.4. The number of rotatable bonds is 4. The minimum Gasteiger partial charge on any atom is -0.462 e. The fourth-order valence-corrected chi connectivity index (χ4v) is 8.85. The molecular formula is C31H40O11. The van der Waals surface area contributed by atoms with Gasteiger partial charge in [0, 0.05) is 26.2 Å². The monoisotopic (exact) mass is 588 g/mol. The molecule has 4 N–H and O–H groups in total. The summed E-state index contributed by atoms with van der Waals surface area (Å²) in [4.78, 5) is 26.1. The molecule has 42 heavy (non-hydrogen) atoms. The average molecular weight is 589 g/mol. The van der Waals surface area contributed by atoms with E-state index in [-0.39, 0.29) is 30.6 Å². The lowest BCUT2D eigenvalue weighted by Crippen LogP contribution is -2.75. The lowest BCUT2D eigenvalue weighted by molar-refractivity contribution is -0.435. The maximum Gasteiger partial charge on any atom is 0.338 e. The number of carbonyl (C=O) groups is 2. The molecule has 0 radical (unpaired) electrons. The number of aliphatic hydroxyl groups is 4. The molecule has 2 heterocycles.